The first-order valence-electron chi connectivity index (χ1n) is 4.76. The Balaban J connectivity index is 2.37. The number of benzene rings is 1. The van der Waals surface area contributed by atoms with Gasteiger partial charge in [-0.2, -0.15) is 5.26 Å². The number of nitrogens with zero attached hydrogens (tertiary/aromatic N) is 2. The van der Waals surface area contributed by atoms with Crippen molar-refractivity contribution in [2.45, 2.75) is 19.8 Å². The molecule has 0 saturated carbocycles. The highest BCUT2D eigenvalue weighted by Crippen LogP contribution is 2.00. The van der Waals surface area contributed by atoms with Crippen molar-refractivity contribution >= 4 is 6.21 Å². The standard InChI is InChI=1S/C12H14N2/c1-11-4-6-12(7-5-11)10-14-9-3-2-8-13/h4-7,10H,2-3,9H2,1H3/b14-10+. The molecule has 2 nitrogen and oxygen atoms in total. The van der Waals surface area contributed by atoms with Crippen molar-refractivity contribution in [2.75, 3.05) is 6.54 Å². The van der Waals surface area contributed by atoms with Gasteiger partial charge in [-0.05, 0) is 18.9 Å². The van der Waals surface area contributed by atoms with Gasteiger partial charge < -0.3 is 0 Å². The van der Waals surface area contributed by atoms with Crippen molar-refractivity contribution in [1.82, 2.24) is 0 Å². The lowest BCUT2D eigenvalue weighted by atomic mass is 10.2. The molecule has 0 spiro atoms. The van der Waals surface area contributed by atoms with Gasteiger partial charge in [-0.25, -0.2) is 0 Å². The SMILES string of the molecule is Cc1ccc(/C=N/CCCC#N)cc1. The van der Waals surface area contributed by atoms with Crippen LogP contribution in [-0.2, 0) is 0 Å². The molecule has 0 aliphatic carbocycles. The van der Waals surface area contributed by atoms with Crippen molar-refractivity contribution in [3.05, 3.63) is 35.4 Å². The fraction of sp³-hybridized carbons (Fsp3) is 0.333. The molecule has 0 radical (unpaired) electrons. The molecule has 0 fully saturated rings. The van der Waals surface area contributed by atoms with Crippen molar-refractivity contribution in [3.63, 3.8) is 0 Å². The predicted octanol–water partition coefficient (Wildman–Crippen LogP) is 2.72. The molecule has 1 rings (SSSR count). The van der Waals surface area contributed by atoms with Crippen LogP contribution in [0.25, 0.3) is 0 Å². The molecule has 72 valence electrons. The Hall–Kier alpha value is -1.62. The first kappa shape index (κ1) is 10.5. The zero-order chi connectivity index (χ0) is 10.2. The van der Waals surface area contributed by atoms with E-state index in [-0.39, 0.29) is 0 Å². The van der Waals surface area contributed by atoms with Crippen LogP contribution in [0.1, 0.15) is 24.0 Å². The normalized spacial score (nSPS) is 10.3. The van der Waals surface area contributed by atoms with E-state index in [0.29, 0.717) is 6.42 Å². The largest absolute Gasteiger partial charge is 0.293 e. The van der Waals surface area contributed by atoms with E-state index in [0.717, 1.165) is 18.5 Å². The van der Waals surface area contributed by atoms with Crippen LogP contribution in [0.4, 0.5) is 0 Å². The summed E-state index contributed by atoms with van der Waals surface area (Å²) in [5, 5.41) is 8.31. The summed E-state index contributed by atoms with van der Waals surface area (Å²) in [5.74, 6) is 0. The number of hydrogen-bond donors (Lipinski definition) is 0. The summed E-state index contributed by atoms with van der Waals surface area (Å²) in [5.41, 5.74) is 2.37. The first-order valence-corrected chi connectivity index (χ1v) is 4.76. The highest BCUT2D eigenvalue weighted by molar-refractivity contribution is 5.79. The third kappa shape index (κ3) is 3.86. The Bertz CT molecular complexity index is 330. The minimum atomic E-state index is 0.589. The molecule has 1 aromatic carbocycles. The van der Waals surface area contributed by atoms with Crippen LogP contribution in [0.2, 0.25) is 0 Å². The highest BCUT2D eigenvalue weighted by Gasteiger charge is 1.86. The lowest BCUT2D eigenvalue weighted by Crippen LogP contribution is -1.84. The molecule has 1 aromatic rings. The van der Waals surface area contributed by atoms with E-state index < -0.39 is 0 Å². The molecule has 0 N–H and O–H groups in total. The lowest BCUT2D eigenvalue weighted by Gasteiger charge is -1.94. The molecule has 0 amide bonds. The van der Waals surface area contributed by atoms with Crippen molar-refractivity contribution < 1.29 is 0 Å². The first-order chi connectivity index (χ1) is 6.83. The van der Waals surface area contributed by atoms with Gasteiger partial charge in [0.25, 0.3) is 0 Å². The van der Waals surface area contributed by atoms with Gasteiger partial charge in [0.05, 0.1) is 6.07 Å². The topological polar surface area (TPSA) is 36.1 Å². The molecule has 0 heterocycles. The van der Waals surface area contributed by atoms with Crippen LogP contribution in [0, 0.1) is 18.3 Å². The van der Waals surface area contributed by atoms with E-state index in [1.807, 2.05) is 18.3 Å². The molecule has 0 aliphatic rings. The van der Waals surface area contributed by atoms with Gasteiger partial charge in [0.15, 0.2) is 0 Å². The second-order valence-electron chi connectivity index (χ2n) is 3.21. The summed E-state index contributed by atoms with van der Waals surface area (Å²) in [6, 6.07) is 10.3. The van der Waals surface area contributed by atoms with E-state index in [2.05, 4.69) is 30.1 Å². The van der Waals surface area contributed by atoms with Crippen molar-refractivity contribution in [2.24, 2.45) is 4.99 Å². The van der Waals surface area contributed by atoms with E-state index in [1.54, 1.807) is 0 Å². The van der Waals surface area contributed by atoms with Crippen LogP contribution in [0.3, 0.4) is 0 Å². The Morgan fingerprint density at radius 1 is 1.36 bits per heavy atom. The van der Waals surface area contributed by atoms with Crippen LogP contribution in [-0.4, -0.2) is 12.8 Å². The van der Waals surface area contributed by atoms with Gasteiger partial charge in [0.2, 0.25) is 0 Å². The van der Waals surface area contributed by atoms with Crippen molar-refractivity contribution in [1.29, 1.82) is 5.26 Å². The van der Waals surface area contributed by atoms with E-state index in [9.17, 15) is 0 Å². The predicted molar refractivity (Wildman–Crippen MR) is 58.5 cm³/mol. The highest BCUT2D eigenvalue weighted by atomic mass is 14.7. The third-order valence-corrected chi connectivity index (χ3v) is 1.89. The van der Waals surface area contributed by atoms with Gasteiger partial charge >= 0.3 is 0 Å². The molecule has 0 saturated heterocycles. The minimum absolute atomic E-state index is 0.589. The van der Waals surface area contributed by atoms with Gasteiger partial charge in [-0.3, -0.25) is 4.99 Å². The van der Waals surface area contributed by atoms with Crippen LogP contribution in [0.15, 0.2) is 29.3 Å². The van der Waals surface area contributed by atoms with E-state index >= 15 is 0 Å². The molecule has 0 aromatic heterocycles. The number of unbranched alkanes of at least 4 members (excludes halogenated alkanes) is 1. The van der Waals surface area contributed by atoms with E-state index in [4.69, 9.17) is 5.26 Å². The molecule has 0 unspecified atom stereocenters. The molecular formula is C12H14N2. The number of aryl methyl sites for hydroxylation is 1. The molecule has 0 bridgehead atoms. The van der Waals surface area contributed by atoms with Gasteiger partial charge in [0, 0.05) is 19.2 Å². The summed E-state index contributed by atoms with van der Waals surface area (Å²) in [4.78, 5) is 4.23. The van der Waals surface area contributed by atoms with Crippen LogP contribution in [0.5, 0.6) is 0 Å². The van der Waals surface area contributed by atoms with Gasteiger partial charge in [-0.15, -0.1) is 0 Å². The monoisotopic (exact) mass is 186 g/mol. The van der Waals surface area contributed by atoms with Crippen LogP contribution < -0.4 is 0 Å². The quantitative estimate of drug-likeness (QED) is 0.526. The fourth-order valence-corrected chi connectivity index (χ4v) is 1.07. The number of nitriles is 1. The van der Waals surface area contributed by atoms with Gasteiger partial charge in [0.1, 0.15) is 0 Å². The minimum Gasteiger partial charge on any atom is -0.293 e. The number of rotatable bonds is 4. The summed E-state index contributed by atoms with van der Waals surface area (Å²) in [6.07, 6.45) is 3.29. The molecular weight excluding hydrogens is 172 g/mol. The maximum absolute atomic E-state index is 8.31. The molecule has 14 heavy (non-hydrogen) atoms. The van der Waals surface area contributed by atoms with Crippen molar-refractivity contribution in [3.8, 4) is 6.07 Å². The Morgan fingerprint density at radius 3 is 2.71 bits per heavy atom. The second-order valence-corrected chi connectivity index (χ2v) is 3.21. The average Bonchev–Trinajstić information content (AvgIpc) is 2.21. The molecule has 0 atom stereocenters. The zero-order valence-electron chi connectivity index (χ0n) is 8.40. The lowest BCUT2D eigenvalue weighted by molar-refractivity contribution is 0.866. The molecule has 0 aliphatic heterocycles. The Labute approximate surface area is 84.9 Å². The van der Waals surface area contributed by atoms with E-state index in [1.165, 1.54) is 5.56 Å². The third-order valence-electron chi connectivity index (χ3n) is 1.89. The summed E-state index contributed by atoms with van der Waals surface area (Å²) >= 11 is 0. The average molecular weight is 186 g/mol. The summed E-state index contributed by atoms with van der Waals surface area (Å²) in [6.45, 7) is 2.80. The number of aliphatic imine (C=N–C) groups is 1. The number of hydrogen-bond acceptors (Lipinski definition) is 2. The second kappa shape index (κ2) is 5.93. The fourth-order valence-electron chi connectivity index (χ4n) is 1.07. The summed E-state index contributed by atoms with van der Waals surface area (Å²) < 4.78 is 0. The Kier molecular flexibility index (Phi) is 4.43. The zero-order valence-corrected chi connectivity index (χ0v) is 8.40. The summed E-state index contributed by atoms with van der Waals surface area (Å²) in [7, 11) is 0. The maximum Gasteiger partial charge on any atom is 0.0622 e. The maximum atomic E-state index is 8.31. The Morgan fingerprint density at radius 2 is 2.07 bits per heavy atom. The van der Waals surface area contributed by atoms with Crippen LogP contribution >= 0.6 is 0 Å². The smallest absolute Gasteiger partial charge is 0.0622 e. The van der Waals surface area contributed by atoms with Gasteiger partial charge in [-0.1, -0.05) is 29.8 Å². The molecule has 2 heteroatoms.